The van der Waals surface area contributed by atoms with E-state index in [2.05, 4.69) is 0 Å². The van der Waals surface area contributed by atoms with Gasteiger partial charge in [-0.15, -0.1) is 0 Å². The highest BCUT2D eigenvalue weighted by Crippen LogP contribution is 2.54. The molecule has 2 aromatic carbocycles. The molecule has 2 saturated heterocycles. The average Bonchev–Trinajstić information content (AvgIpc) is 3.33. The van der Waals surface area contributed by atoms with Gasteiger partial charge in [0, 0.05) is 24.5 Å². The maximum absolute atomic E-state index is 14.8. The molecule has 3 amide bonds. The van der Waals surface area contributed by atoms with E-state index in [0.29, 0.717) is 37.6 Å². The SMILES string of the molecule is CCOc1ccc(N2CC=C[C@@H]3O[C@]45C=CCN(c6cc(C)ccc6C)C(=O)C4N([C@@H](CO)CC(C)C)C(=O)[C@@H]5[C@@H]3C2=O)cc1. The molecular formula is C36H43N3O6. The fourth-order valence-electron chi connectivity index (χ4n) is 7.64. The molecular weight excluding hydrogens is 570 g/mol. The van der Waals surface area contributed by atoms with E-state index in [0.717, 1.165) is 16.8 Å². The van der Waals surface area contributed by atoms with Gasteiger partial charge in [0.2, 0.25) is 11.8 Å². The minimum absolute atomic E-state index is 0.157. The van der Waals surface area contributed by atoms with Gasteiger partial charge >= 0.3 is 0 Å². The van der Waals surface area contributed by atoms with Crippen LogP contribution < -0.4 is 14.5 Å². The summed E-state index contributed by atoms with van der Waals surface area (Å²) in [5.41, 5.74) is 2.04. The lowest BCUT2D eigenvalue weighted by atomic mass is 9.77. The minimum Gasteiger partial charge on any atom is -0.494 e. The number of rotatable bonds is 8. The van der Waals surface area contributed by atoms with Crippen LogP contribution in [0.1, 0.15) is 38.3 Å². The Bertz CT molecular complexity index is 1530. The molecule has 1 unspecified atom stereocenters. The minimum atomic E-state index is -1.37. The second-order valence-corrected chi connectivity index (χ2v) is 13.0. The number of fused-ring (bicyclic) bond motifs is 2. The lowest BCUT2D eigenvalue weighted by Gasteiger charge is -2.39. The predicted molar refractivity (Wildman–Crippen MR) is 172 cm³/mol. The molecule has 0 aliphatic carbocycles. The normalized spacial score (nSPS) is 28.2. The van der Waals surface area contributed by atoms with Gasteiger partial charge in [-0.2, -0.15) is 0 Å². The van der Waals surface area contributed by atoms with Crippen LogP contribution in [0.5, 0.6) is 5.75 Å². The molecule has 1 spiro atoms. The number of amides is 3. The Morgan fingerprint density at radius 2 is 1.71 bits per heavy atom. The van der Waals surface area contributed by atoms with E-state index in [1.54, 1.807) is 14.7 Å². The molecule has 0 radical (unpaired) electrons. The molecule has 6 atom stereocenters. The number of aryl methyl sites for hydroxylation is 2. The number of carbonyl (C=O) groups is 3. The van der Waals surface area contributed by atoms with Crippen molar-refractivity contribution < 1.29 is 29.0 Å². The summed E-state index contributed by atoms with van der Waals surface area (Å²) >= 11 is 0. The fourth-order valence-corrected chi connectivity index (χ4v) is 7.64. The van der Waals surface area contributed by atoms with Gasteiger partial charge in [-0.1, -0.05) is 50.3 Å². The third kappa shape index (κ3) is 5.16. The van der Waals surface area contributed by atoms with Gasteiger partial charge in [0.1, 0.15) is 17.4 Å². The molecule has 238 valence electrons. The molecule has 4 aliphatic rings. The first kappa shape index (κ1) is 31.0. The highest BCUT2D eigenvalue weighted by Gasteiger charge is 2.72. The molecule has 1 N–H and O–H groups in total. The standard InChI is InChI=1S/C36H43N3O6/c1-6-44-27-14-12-25(13-15-27)37-17-7-9-29-30(33(37)41)31-34(42)39(26(21-40)19-22(2)3)32-35(43)38(18-8-16-36(31,32)45-29)28-20-23(4)10-11-24(28)5/h7-16,20,22,26,29-32,40H,6,17-19,21H2,1-5H3/t26-,29+,30-,31+,32?,36+/m1/s1. The molecule has 4 aliphatic heterocycles. The molecule has 0 aromatic heterocycles. The highest BCUT2D eigenvalue weighted by atomic mass is 16.5. The number of ether oxygens (including phenoxy) is 2. The third-order valence-electron chi connectivity index (χ3n) is 9.56. The van der Waals surface area contributed by atoms with Crippen molar-refractivity contribution >= 4 is 29.1 Å². The molecule has 4 heterocycles. The Morgan fingerprint density at radius 3 is 2.40 bits per heavy atom. The lowest BCUT2D eigenvalue weighted by molar-refractivity contribution is -0.144. The first-order valence-corrected chi connectivity index (χ1v) is 16.0. The van der Waals surface area contributed by atoms with Gasteiger partial charge in [0.25, 0.3) is 5.91 Å². The van der Waals surface area contributed by atoms with E-state index in [1.165, 1.54) is 0 Å². The van der Waals surface area contributed by atoms with Crippen LogP contribution in [0, 0.1) is 31.6 Å². The summed E-state index contributed by atoms with van der Waals surface area (Å²) in [6, 6.07) is 11.7. The fraction of sp³-hybridized carbons (Fsp3) is 0.472. The predicted octanol–water partition coefficient (Wildman–Crippen LogP) is 4.20. The van der Waals surface area contributed by atoms with Crippen LogP contribution >= 0.6 is 0 Å². The average molecular weight is 614 g/mol. The van der Waals surface area contributed by atoms with Crippen molar-refractivity contribution in [3.05, 3.63) is 77.9 Å². The number of hydrogen-bond donors (Lipinski definition) is 1. The summed E-state index contributed by atoms with van der Waals surface area (Å²) < 4.78 is 12.4. The molecule has 45 heavy (non-hydrogen) atoms. The summed E-state index contributed by atoms with van der Waals surface area (Å²) in [7, 11) is 0. The zero-order chi connectivity index (χ0) is 32.0. The van der Waals surface area contributed by atoms with Gasteiger partial charge in [-0.05, 0) is 74.6 Å². The van der Waals surface area contributed by atoms with E-state index in [-0.39, 0.29) is 30.2 Å². The Hall–Kier alpha value is -3.95. The Morgan fingerprint density at radius 1 is 0.978 bits per heavy atom. The van der Waals surface area contributed by atoms with E-state index in [1.807, 2.05) is 101 Å². The zero-order valence-corrected chi connectivity index (χ0v) is 26.7. The van der Waals surface area contributed by atoms with Crippen LogP contribution in [-0.2, 0) is 19.1 Å². The van der Waals surface area contributed by atoms with Crippen LogP contribution in [0.2, 0.25) is 0 Å². The van der Waals surface area contributed by atoms with Crippen molar-refractivity contribution in [3.8, 4) is 5.75 Å². The number of nitrogens with zero attached hydrogens (tertiary/aromatic N) is 3. The Balaban J connectivity index is 1.45. The van der Waals surface area contributed by atoms with Crippen molar-refractivity contribution in [1.29, 1.82) is 0 Å². The third-order valence-corrected chi connectivity index (χ3v) is 9.56. The van der Waals surface area contributed by atoms with Gasteiger partial charge in [0.15, 0.2) is 0 Å². The number of anilines is 2. The molecule has 0 bridgehead atoms. The number of benzene rings is 2. The summed E-state index contributed by atoms with van der Waals surface area (Å²) in [5, 5.41) is 10.6. The number of likely N-dealkylation sites (tertiary alicyclic amines) is 1. The molecule has 6 rings (SSSR count). The Labute approximate surface area is 265 Å². The van der Waals surface area contributed by atoms with E-state index in [4.69, 9.17) is 9.47 Å². The molecule has 2 fully saturated rings. The van der Waals surface area contributed by atoms with Crippen LogP contribution in [-0.4, -0.2) is 77.8 Å². The van der Waals surface area contributed by atoms with E-state index < -0.39 is 35.6 Å². The lowest BCUT2D eigenvalue weighted by Crippen LogP contribution is -2.58. The van der Waals surface area contributed by atoms with Crippen molar-refractivity contribution in [2.75, 3.05) is 36.1 Å². The van der Waals surface area contributed by atoms with Gasteiger partial charge in [-0.3, -0.25) is 14.4 Å². The van der Waals surface area contributed by atoms with Crippen LogP contribution in [0.15, 0.2) is 66.8 Å². The first-order chi connectivity index (χ1) is 21.6. The van der Waals surface area contributed by atoms with Crippen LogP contribution in [0.3, 0.4) is 0 Å². The maximum atomic E-state index is 14.8. The van der Waals surface area contributed by atoms with E-state index in [9.17, 15) is 19.5 Å². The summed E-state index contributed by atoms with van der Waals surface area (Å²) in [6.07, 6.45) is 7.32. The van der Waals surface area contributed by atoms with Gasteiger partial charge in [0.05, 0.1) is 37.2 Å². The van der Waals surface area contributed by atoms with E-state index >= 15 is 0 Å². The summed E-state index contributed by atoms with van der Waals surface area (Å²) in [5.74, 6) is -1.76. The number of carbonyl (C=O) groups excluding carboxylic acids is 3. The molecule has 9 heteroatoms. The largest absolute Gasteiger partial charge is 0.494 e. The number of aliphatic hydroxyl groups excluding tert-OH is 1. The summed E-state index contributed by atoms with van der Waals surface area (Å²) in [4.78, 5) is 49.0. The molecule has 2 aromatic rings. The monoisotopic (exact) mass is 613 g/mol. The smallest absolute Gasteiger partial charge is 0.253 e. The molecule has 9 nitrogen and oxygen atoms in total. The van der Waals surface area contributed by atoms with Crippen LogP contribution in [0.4, 0.5) is 11.4 Å². The molecule has 0 saturated carbocycles. The van der Waals surface area contributed by atoms with Crippen molar-refractivity contribution in [2.24, 2.45) is 17.8 Å². The Kier molecular flexibility index (Phi) is 8.35. The second-order valence-electron chi connectivity index (χ2n) is 13.0. The van der Waals surface area contributed by atoms with Crippen LogP contribution in [0.25, 0.3) is 0 Å². The van der Waals surface area contributed by atoms with Crippen molar-refractivity contribution in [2.45, 2.75) is 64.8 Å². The summed E-state index contributed by atoms with van der Waals surface area (Å²) in [6.45, 7) is 10.8. The van der Waals surface area contributed by atoms with Gasteiger partial charge in [-0.25, -0.2) is 0 Å². The number of aliphatic hydroxyl groups is 1. The van der Waals surface area contributed by atoms with Crippen molar-refractivity contribution in [3.63, 3.8) is 0 Å². The number of hydrogen-bond acceptors (Lipinski definition) is 6. The quantitative estimate of drug-likeness (QED) is 0.449. The topological polar surface area (TPSA) is 99.6 Å². The zero-order valence-electron chi connectivity index (χ0n) is 26.7. The second kappa shape index (κ2) is 12.1. The van der Waals surface area contributed by atoms with Crippen molar-refractivity contribution in [1.82, 2.24) is 4.90 Å². The van der Waals surface area contributed by atoms with Gasteiger partial charge < -0.3 is 29.3 Å². The highest BCUT2D eigenvalue weighted by molar-refractivity contribution is 6.07. The maximum Gasteiger partial charge on any atom is 0.253 e. The first-order valence-electron chi connectivity index (χ1n) is 16.0.